The van der Waals surface area contributed by atoms with Crippen LogP contribution >= 0.6 is 0 Å². The molecule has 0 aliphatic rings. The summed E-state index contributed by atoms with van der Waals surface area (Å²) in [4.78, 5) is 12.2. The number of hydrogen-bond donors (Lipinski definition) is 1. The summed E-state index contributed by atoms with van der Waals surface area (Å²) >= 11 is 0. The largest absolute Gasteiger partial charge is 0.494 e. The highest BCUT2D eigenvalue weighted by Crippen LogP contribution is 2.15. The van der Waals surface area contributed by atoms with E-state index in [2.05, 4.69) is 12.2 Å². The maximum absolute atomic E-state index is 12.2. The van der Waals surface area contributed by atoms with Gasteiger partial charge in [-0.1, -0.05) is 55.8 Å². The van der Waals surface area contributed by atoms with Crippen LogP contribution in [-0.4, -0.2) is 19.1 Å². The Morgan fingerprint density at radius 1 is 1.15 bits per heavy atom. The van der Waals surface area contributed by atoms with Crippen molar-refractivity contribution in [2.75, 3.05) is 13.2 Å². The van der Waals surface area contributed by atoms with E-state index in [1.807, 2.05) is 60.7 Å². The van der Waals surface area contributed by atoms with E-state index < -0.39 is 0 Å². The maximum Gasteiger partial charge on any atom is 0.261 e. The normalized spacial score (nSPS) is 10.8. The molecule has 0 aliphatic carbocycles. The fourth-order valence-corrected chi connectivity index (χ4v) is 2.37. The number of amides is 1. The van der Waals surface area contributed by atoms with Crippen LogP contribution in [-0.2, 0) is 11.2 Å². The molecule has 0 bridgehead atoms. The van der Waals surface area contributed by atoms with Gasteiger partial charge in [0.25, 0.3) is 5.91 Å². The van der Waals surface area contributed by atoms with Gasteiger partial charge in [0.1, 0.15) is 17.4 Å². The molecule has 2 rings (SSSR count). The fourth-order valence-electron chi connectivity index (χ4n) is 2.37. The van der Waals surface area contributed by atoms with Gasteiger partial charge >= 0.3 is 0 Å². The summed E-state index contributed by atoms with van der Waals surface area (Å²) in [7, 11) is 0. The monoisotopic (exact) mass is 348 g/mol. The molecule has 0 heterocycles. The van der Waals surface area contributed by atoms with Gasteiger partial charge in [0, 0.05) is 6.54 Å². The van der Waals surface area contributed by atoms with Crippen LogP contribution in [0.15, 0.2) is 60.2 Å². The summed E-state index contributed by atoms with van der Waals surface area (Å²) in [5.41, 5.74) is 2.04. The summed E-state index contributed by atoms with van der Waals surface area (Å²) < 4.78 is 5.61. The van der Waals surface area contributed by atoms with Crippen molar-refractivity contribution in [2.45, 2.75) is 26.2 Å². The molecular formula is C22H24N2O2. The highest BCUT2D eigenvalue weighted by molar-refractivity contribution is 6.01. The van der Waals surface area contributed by atoms with Crippen LogP contribution in [0.3, 0.4) is 0 Å². The van der Waals surface area contributed by atoms with Gasteiger partial charge in [-0.25, -0.2) is 0 Å². The lowest BCUT2D eigenvalue weighted by Gasteiger charge is -2.06. The Kier molecular flexibility index (Phi) is 7.95. The zero-order chi connectivity index (χ0) is 18.6. The molecule has 0 radical (unpaired) electrons. The van der Waals surface area contributed by atoms with Crippen LogP contribution in [0.4, 0.5) is 0 Å². The van der Waals surface area contributed by atoms with Gasteiger partial charge in [0.15, 0.2) is 0 Å². The summed E-state index contributed by atoms with van der Waals surface area (Å²) in [5.74, 6) is 0.438. The molecule has 0 unspecified atom stereocenters. The van der Waals surface area contributed by atoms with Crippen LogP contribution in [0.2, 0.25) is 0 Å². The molecule has 0 saturated carbocycles. The Hall–Kier alpha value is -3.06. The topological polar surface area (TPSA) is 62.1 Å². The first-order valence-corrected chi connectivity index (χ1v) is 8.89. The third-order valence-corrected chi connectivity index (χ3v) is 3.86. The molecule has 134 valence electrons. The van der Waals surface area contributed by atoms with Crippen molar-refractivity contribution in [2.24, 2.45) is 0 Å². The Morgan fingerprint density at radius 2 is 1.88 bits per heavy atom. The summed E-state index contributed by atoms with van der Waals surface area (Å²) in [6.45, 7) is 3.30. The number of hydrogen-bond acceptors (Lipinski definition) is 3. The van der Waals surface area contributed by atoms with Crippen molar-refractivity contribution in [3.63, 3.8) is 0 Å². The molecule has 0 aromatic heterocycles. The zero-order valence-corrected chi connectivity index (χ0v) is 15.1. The Balaban J connectivity index is 1.89. The maximum atomic E-state index is 12.2. The molecule has 0 saturated heterocycles. The van der Waals surface area contributed by atoms with E-state index in [1.54, 1.807) is 6.08 Å². The van der Waals surface area contributed by atoms with Gasteiger partial charge in [0.2, 0.25) is 0 Å². The molecule has 4 nitrogen and oxygen atoms in total. The third-order valence-electron chi connectivity index (χ3n) is 3.86. The lowest BCUT2D eigenvalue weighted by atomic mass is 10.1. The molecule has 1 amide bonds. The number of benzene rings is 2. The highest BCUT2D eigenvalue weighted by atomic mass is 16.5. The summed E-state index contributed by atoms with van der Waals surface area (Å²) in [6, 6.07) is 19.3. The predicted molar refractivity (Wildman–Crippen MR) is 104 cm³/mol. The van der Waals surface area contributed by atoms with Gasteiger partial charge in [0.05, 0.1) is 6.61 Å². The lowest BCUT2D eigenvalue weighted by molar-refractivity contribution is -0.117. The van der Waals surface area contributed by atoms with Crippen molar-refractivity contribution in [3.05, 3.63) is 71.3 Å². The van der Waals surface area contributed by atoms with Crippen LogP contribution in [0, 0.1) is 11.3 Å². The molecule has 2 aromatic rings. The van der Waals surface area contributed by atoms with Crippen LogP contribution in [0.25, 0.3) is 6.08 Å². The van der Waals surface area contributed by atoms with Gasteiger partial charge in [-0.15, -0.1) is 0 Å². The Labute approximate surface area is 155 Å². The minimum atomic E-state index is -0.355. The first-order chi connectivity index (χ1) is 12.7. The minimum Gasteiger partial charge on any atom is -0.494 e. The second-order valence-electron chi connectivity index (χ2n) is 5.93. The molecule has 0 aliphatic heterocycles. The average Bonchev–Trinajstić information content (AvgIpc) is 2.68. The predicted octanol–water partition coefficient (Wildman–Crippen LogP) is 4.13. The minimum absolute atomic E-state index is 0.0951. The number of carbonyl (C=O) groups excluding carboxylic acids is 1. The van der Waals surface area contributed by atoms with Gasteiger partial charge in [-0.2, -0.15) is 5.26 Å². The highest BCUT2D eigenvalue weighted by Gasteiger charge is 2.08. The molecule has 4 heteroatoms. The average molecular weight is 348 g/mol. The molecule has 0 fully saturated rings. The van der Waals surface area contributed by atoms with Gasteiger partial charge < -0.3 is 10.1 Å². The van der Waals surface area contributed by atoms with Crippen molar-refractivity contribution >= 4 is 12.0 Å². The number of ether oxygens (including phenoxy) is 1. The molecule has 0 spiro atoms. The molecule has 1 N–H and O–H groups in total. The second kappa shape index (κ2) is 10.7. The smallest absolute Gasteiger partial charge is 0.261 e. The lowest BCUT2D eigenvalue weighted by Crippen LogP contribution is -2.26. The first-order valence-electron chi connectivity index (χ1n) is 8.89. The van der Waals surface area contributed by atoms with E-state index in [4.69, 9.17) is 4.74 Å². The molecule has 2 aromatic carbocycles. The number of nitrogens with zero attached hydrogens (tertiary/aromatic N) is 1. The number of carbonyl (C=O) groups is 1. The molecule has 26 heavy (non-hydrogen) atoms. The van der Waals surface area contributed by atoms with Crippen molar-refractivity contribution in [1.82, 2.24) is 5.32 Å². The number of rotatable bonds is 9. The number of nitriles is 1. The van der Waals surface area contributed by atoms with Gasteiger partial charge in [-0.3, -0.25) is 4.79 Å². The van der Waals surface area contributed by atoms with E-state index >= 15 is 0 Å². The van der Waals surface area contributed by atoms with Gasteiger partial charge in [-0.05, 0) is 42.2 Å². The van der Waals surface area contributed by atoms with E-state index in [0.717, 1.165) is 36.1 Å². The number of unbranched alkanes of at least 4 members (excludes halogenated alkanes) is 1. The zero-order valence-electron chi connectivity index (χ0n) is 15.1. The van der Waals surface area contributed by atoms with Crippen molar-refractivity contribution < 1.29 is 9.53 Å². The van der Waals surface area contributed by atoms with Crippen molar-refractivity contribution in [3.8, 4) is 11.8 Å². The van der Waals surface area contributed by atoms with E-state index in [0.29, 0.717) is 13.2 Å². The van der Waals surface area contributed by atoms with Crippen LogP contribution in [0.5, 0.6) is 5.75 Å². The van der Waals surface area contributed by atoms with Crippen LogP contribution < -0.4 is 10.1 Å². The van der Waals surface area contributed by atoms with E-state index in [1.165, 1.54) is 0 Å². The standard InChI is InChI=1S/C22H24N2O2/c1-2-3-15-26-21-11-9-19(10-12-21)16-20(17-23)22(25)24-14-13-18-7-5-4-6-8-18/h4-12,16H,2-3,13-15H2,1H3,(H,24,25)/b20-16-. The fraction of sp³-hybridized carbons (Fsp3) is 0.273. The SMILES string of the molecule is CCCCOc1ccc(/C=C(/C#N)C(=O)NCCc2ccccc2)cc1. The third kappa shape index (κ3) is 6.45. The quantitative estimate of drug-likeness (QED) is 0.421. The first kappa shape index (κ1) is 19.3. The Bertz CT molecular complexity index is 759. The Morgan fingerprint density at radius 3 is 2.54 bits per heavy atom. The van der Waals surface area contributed by atoms with Crippen molar-refractivity contribution in [1.29, 1.82) is 5.26 Å². The molecule has 0 atom stereocenters. The molecular weight excluding hydrogens is 324 g/mol. The number of nitrogens with one attached hydrogen (secondary N) is 1. The van der Waals surface area contributed by atoms with E-state index in [9.17, 15) is 10.1 Å². The van der Waals surface area contributed by atoms with Crippen LogP contribution in [0.1, 0.15) is 30.9 Å². The second-order valence-corrected chi connectivity index (χ2v) is 5.93. The summed E-state index contributed by atoms with van der Waals surface area (Å²) in [5, 5.41) is 12.1. The summed E-state index contributed by atoms with van der Waals surface area (Å²) in [6.07, 6.45) is 4.43. The van der Waals surface area contributed by atoms with E-state index in [-0.39, 0.29) is 11.5 Å².